The van der Waals surface area contributed by atoms with Crippen LogP contribution in [0.4, 0.5) is 0 Å². The molecule has 0 bridgehead atoms. The van der Waals surface area contributed by atoms with Crippen molar-refractivity contribution in [2.75, 3.05) is 39.0 Å². The fourth-order valence-electron chi connectivity index (χ4n) is 3.35. The molecule has 1 spiro atoms. The van der Waals surface area contributed by atoms with Crippen LogP contribution in [0.5, 0.6) is 0 Å². The van der Waals surface area contributed by atoms with Crippen LogP contribution in [0.25, 0.3) is 0 Å². The molecule has 2 aliphatic rings. The van der Waals surface area contributed by atoms with E-state index >= 15 is 0 Å². The Labute approximate surface area is 110 Å². The van der Waals surface area contributed by atoms with Crippen molar-refractivity contribution in [1.82, 2.24) is 9.80 Å². The fraction of sp³-hybridized carbons (Fsp3) is 0.923. The van der Waals surface area contributed by atoms with E-state index in [0.29, 0.717) is 23.5 Å². The third kappa shape index (κ3) is 3.16. The maximum atomic E-state index is 11.8. The second-order valence-electron chi connectivity index (χ2n) is 5.70. The summed E-state index contributed by atoms with van der Waals surface area (Å²) in [4.78, 5) is 16.3. The maximum absolute atomic E-state index is 11.8. The minimum Gasteiger partial charge on any atom is -0.343 e. The largest absolute Gasteiger partial charge is 0.343 e. The van der Waals surface area contributed by atoms with E-state index in [0.717, 1.165) is 13.1 Å². The van der Waals surface area contributed by atoms with Gasteiger partial charge in [0, 0.05) is 26.1 Å². The molecule has 0 aliphatic carbocycles. The van der Waals surface area contributed by atoms with Crippen molar-refractivity contribution in [3.63, 3.8) is 0 Å². The molecule has 2 heterocycles. The van der Waals surface area contributed by atoms with Gasteiger partial charge in [-0.15, -0.1) is 0 Å². The van der Waals surface area contributed by atoms with Gasteiger partial charge in [-0.2, -0.15) is 12.6 Å². The summed E-state index contributed by atoms with van der Waals surface area (Å²) in [5, 5.41) is 0. The first-order valence-corrected chi connectivity index (χ1v) is 7.36. The molecule has 2 saturated heterocycles. The standard InChI is InChI=1S/C13H24N2OS/c1-14-7-2-4-13(11-14)5-8-15(9-6-13)12(16)3-10-17/h17H,2-11H2,1H3. The lowest BCUT2D eigenvalue weighted by molar-refractivity contribution is -0.133. The number of thiol groups is 1. The van der Waals surface area contributed by atoms with E-state index in [1.54, 1.807) is 0 Å². The van der Waals surface area contributed by atoms with Gasteiger partial charge in [0.15, 0.2) is 0 Å². The van der Waals surface area contributed by atoms with E-state index in [-0.39, 0.29) is 0 Å². The second kappa shape index (κ2) is 5.61. The van der Waals surface area contributed by atoms with Crippen LogP contribution in [-0.4, -0.2) is 54.7 Å². The van der Waals surface area contributed by atoms with Crippen LogP contribution in [0.1, 0.15) is 32.1 Å². The van der Waals surface area contributed by atoms with Gasteiger partial charge in [-0.1, -0.05) is 0 Å². The summed E-state index contributed by atoms with van der Waals surface area (Å²) in [7, 11) is 2.22. The Morgan fingerprint density at radius 3 is 2.53 bits per heavy atom. The molecule has 98 valence electrons. The average molecular weight is 256 g/mol. The number of hydrogen-bond donors (Lipinski definition) is 1. The molecule has 2 fully saturated rings. The Hall–Kier alpha value is -0.220. The summed E-state index contributed by atoms with van der Waals surface area (Å²) < 4.78 is 0. The number of nitrogens with zero attached hydrogens (tertiary/aromatic N) is 2. The molecule has 2 rings (SSSR count). The predicted molar refractivity (Wildman–Crippen MR) is 73.4 cm³/mol. The zero-order chi connectivity index (χ0) is 12.3. The maximum Gasteiger partial charge on any atom is 0.223 e. The molecule has 0 atom stereocenters. The molecule has 0 aromatic heterocycles. The number of hydrogen-bond acceptors (Lipinski definition) is 3. The van der Waals surface area contributed by atoms with Crippen molar-refractivity contribution in [2.24, 2.45) is 5.41 Å². The summed E-state index contributed by atoms with van der Waals surface area (Å²) in [5.74, 6) is 0.961. The SMILES string of the molecule is CN1CCCC2(CCN(C(=O)CCS)CC2)C1. The van der Waals surface area contributed by atoms with Crippen molar-refractivity contribution < 1.29 is 4.79 Å². The van der Waals surface area contributed by atoms with Gasteiger partial charge in [0.25, 0.3) is 0 Å². The molecule has 3 nitrogen and oxygen atoms in total. The quantitative estimate of drug-likeness (QED) is 0.759. The first-order chi connectivity index (χ1) is 8.15. The molecular weight excluding hydrogens is 232 g/mol. The van der Waals surface area contributed by atoms with Crippen molar-refractivity contribution in [2.45, 2.75) is 32.1 Å². The lowest BCUT2D eigenvalue weighted by Crippen LogP contribution is -2.49. The molecule has 0 N–H and O–H groups in total. The third-order valence-electron chi connectivity index (χ3n) is 4.35. The van der Waals surface area contributed by atoms with Crippen LogP contribution in [0.2, 0.25) is 0 Å². The highest BCUT2D eigenvalue weighted by atomic mass is 32.1. The Morgan fingerprint density at radius 1 is 1.24 bits per heavy atom. The summed E-state index contributed by atoms with van der Waals surface area (Å²) in [6, 6.07) is 0. The zero-order valence-electron chi connectivity index (χ0n) is 10.8. The van der Waals surface area contributed by atoms with Gasteiger partial charge in [-0.3, -0.25) is 4.79 Å². The Balaban J connectivity index is 1.86. The van der Waals surface area contributed by atoms with Crippen LogP contribution < -0.4 is 0 Å². The molecule has 1 amide bonds. The van der Waals surface area contributed by atoms with Gasteiger partial charge in [0.1, 0.15) is 0 Å². The topological polar surface area (TPSA) is 23.6 Å². The Morgan fingerprint density at radius 2 is 1.94 bits per heavy atom. The van der Waals surface area contributed by atoms with E-state index < -0.39 is 0 Å². The number of carbonyl (C=O) groups is 1. The van der Waals surface area contributed by atoms with Gasteiger partial charge in [0.2, 0.25) is 5.91 Å². The zero-order valence-corrected chi connectivity index (χ0v) is 11.7. The van der Waals surface area contributed by atoms with E-state index in [2.05, 4.69) is 24.6 Å². The summed E-state index contributed by atoms with van der Waals surface area (Å²) in [5.41, 5.74) is 0.505. The predicted octanol–water partition coefficient (Wildman–Crippen LogP) is 1.64. The van der Waals surface area contributed by atoms with E-state index in [1.807, 2.05) is 4.90 Å². The van der Waals surface area contributed by atoms with Crippen LogP contribution in [-0.2, 0) is 4.79 Å². The summed E-state index contributed by atoms with van der Waals surface area (Å²) in [6.07, 6.45) is 5.65. The summed E-state index contributed by atoms with van der Waals surface area (Å²) in [6.45, 7) is 4.38. The van der Waals surface area contributed by atoms with Crippen LogP contribution >= 0.6 is 12.6 Å². The Kier molecular flexibility index (Phi) is 4.36. The lowest BCUT2D eigenvalue weighted by atomic mass is 9.72. The lowest BCUT2D eigenvalue weighted by Gasteiger charge is -2.47. The van der Waals surface area contributed by atoms with Gasteiger partial charge in [0.05, 0.1) is 0 Å². The van der Waals surface area contributed by atoms with E-state index in [1.165, 1.54) is 38.8 Å². The van der Waals surface area contributed by atoms with Crippen LogP contribution in [0.15, 0.2) is 0 Å². The smallest absolute Gasteiger partial charge is 0.223 e. The van der Waals surface area contributed by atoms with Crippen molar-refractivity contribution in [3.8, 4) is 0 Å². The van der Waals surface area contributed by atoms with Crippen molar-refractivity contribution in [1.29, 1.82) is 0 Å². The van der Waals surface area contributed by atoms with Gasteiger partial charge >= 0.3 is 0 Å². The number of amides is 1. The van der Waals surface area contributed by atoms with Crippen molar-refractivity contribution in [3.05, 3.63) is 0 Å². The first kappa shape index (κ1) is 13.2. The molecule has 0 aromatic carbocycles. The highest BCUT2D eigenvalue weighted by molar-refractivity contribution is 7.80. The molecular formula is C13H24N2OS. The Bertz CT molecular complexity index is 275. The molecule has 0 aromatic rings. The minimum absolute atomic E-state index is 0.291. The average Bonchev–Trinajstić information content (AvgIpc) is 2.30. The normalized spacial score (nSPS) is 25.2. The van der Waals surface area contributed by atoms with Crippen LogP contribution in [0.3, 0.4) is 0 Å². The highest BCUT2D eigenvalue weighted by Gasteiger charge is 2.38. The van der Waals surface area contributed by atoms with E-state index in [9.17, 15) is 4.79 Å². The third-order valence-corrected chi connectivity index (χ3v) is 4.58. The molecule has 4 heteroatoms. The monoisotopic (exact) mass is 256 g/mol. The second-order valence-corrected chi connectivity index (χ2v) is 6.14. The minimum atomic E-state index is 0.291. The van der Waals surface area contributed by atoms with E-state index in [4.69, 9.17) is 0 Å². The number of rotatable bonds is 2. The first-order valence-electron chi connectivity index (χ1n) is 6.72. The number of carbonyl (C=O) groups excluding carboxylic acids is 1. The molecule has 17 heavy (non-hydrogen) atoms. The molecule has 0 unspecified atom stereocenters. The van der Waals surface area contributed by atoms with Gasteiger partial charge in [-0.25, -0.2) is 0 Å². The highest BCUT2D eigenvalue weighted by Crippen LogP contribution is 2.39. The molecule has 0 saturated carbocycles. The fourth-order valence-corrected chi connectivity index (χ4v) is 3.54. The van der Waals surface area contributed by atoms with Crippen LogP contribution in [0, 0.1) is 5.41 Å². The van der Waals surface area contributed by atoms with Crippen molar-refractivity contribution >= 4 is 18.5 Å². The van der Waals surface area contributed by atoms with Gasteiger partial charge < -0.3 is 9.80 Å². The summed E-state index contributed by atoms with van der Waals surface area (Å²) >= 11 is 4.13. The van der Waals surface area contributed by atoms with Gasteiger partial charge in [-0.05, 0) is 50.4 Å². The number of likely N-dealkylation sites (tertiary alicyclic amines) is 2. The number of piperidine rings is 2. The molecule has 2 aliphatic heterocycles. The molecule has 0 radical (unpaired) electrons.